The maximum Gasteiger partial charge on any atom is 0.0659 e. The Balaban J connectivity index is 2.12. The first-order valence-electron chi connectivity index (χ1n) is 5.18. The van der Waals surface area contributed by atoms with Gasteiger partial charge in [0.2, 0.25) is 0 Å². The molecule has 0 atom stereocenters. The average molecular weight is 327 g/mol. The van der Waals surface area contributed by atoms with Gasteiger partial charge in [-0.2, -0.15) is 5.10 Å². The summed E-state index contributed by atoms with van der Waals surface area (Å²) in [6.45, 7) is 1.74. The zero-order valence-corrected chi connectivity index (χ0v) is 11.3. The Morgan fingerprint density at radius 2 is 2.19 bits per heavy atom. The fraction of sp³-hybridized carbons (Fsp3) is 0.250. The molecule has 0 amide bonds. The van der Waals surface area contributed by atoms with Gasteiger partial charge < -0.3 is 5.32 Å². The van der Waals surface area contributed by atoms with Crippen LogP contribution in [0, 0.1) is 3.57 Å². The molecule has 0 bridgehead atoms. The van der Waals surface area contributed by atoms with Crippen LogP contribution < -0.4 is 5.32 Å². The molecule has 2 rings (SSSR count). The number of aromatic nitrogens is 2. The van der Waals surface area contributed by atoms with Gasteiger partial charge in [0.15, 0.2) is 0 Å². The van der Waals surface area contributed by atoms with Crippen LogP contribution in [0.4, 0.5) is 0 Å². The van der Waals surface area contributed by atoms with Crippen molar-refractivity contribution in [2.24, 2.45) is 0 Å². The third kappa shape index (κ3) is 3.05. The van der Waals surface area contributed by atoms with Gasteiger partial charge in [0.05, 0.1) is 16.3 Å². The molecule has 0 unspecified atom stereocenters. The molecule has 4 heteroatoms. The summed E-state index contributed by atoms with van der Waals surface area (Å²) in [5.41, 5.74) is 2.59. The van der Waals surface area contributed by atoms with Crippen LogP contribution in [0.5, 0.6) is 0 Å². The van der Waals surface area contributed by atoms with E-state index in [9.17, 15) is 0 Å². The van der Waals surface area contributed by atoms with Gasteiger partial charge >= 0.3 is 0 Å². The highest BCUT2D eigenvalue weighted by Crippen LogP contribution is 2.08. The molecular formula is C12H14IN3. The van der Waals surface area contributed by atoms with Crippen molar-refractivity contribution >= 4 is 22.6 Å². The number of rotatable bonds is 4. The third-order valence-corrected chi connectivity index (χ3v) is 2.88. The predicted octanol–water partition coefficient (Wildman–Crippen LogP) is 2.26. The van der Waals surface area contributed by atoms with E-state index in [1.807, 2.05) is 24.1 Å². The topological polar surface area (TPSA) is 29.9 Å². The van der Waals surface area contributed by atoms with E-state index in [-0.39, 0.29) is 0 Å². The van der Waals surface area contributed by atoms with E-state index in [4.69, 9.17) is 0 Å². The van der Waals surface area contributed by atoms with Crippen molar-refractivity contribution in [1.82, 2.24) is 15.1 Å². The van der Waals surface area contributed by atoms with Gasteiger partial charge in [-0.3, -0.25) is 4.68 Å². The normalized spacial score (nSPS) is 10.6. The van der Waals surface area contributed by atoms with Crippen LogP contribution in [0.2, 0.25) is 0 Å². The molecule has 0 saturated carbocycles. The van der Waals surface area contributed by atoms with Gasteiger partial charge in [-0.1, -0.05) is 24.3 Å². The smallest absolute Gasteiger partial charge is 0.0659 e. The zero-order valence-electron chi connectivity index (χ0n) is 9.15. The van der Waals surface area contributed by atoms with E-state index in [0.717, 1.165) is 13.1 Å². The largest absolute Gasteiger partial charge is 0.316 e. The van der Waals surface area contributed by atoms with E-state index in [2.05, 4.69) is 57.3 Å². The van der Waals surface area contributed by atoms with Crippen molar-refractivity contribution < 1.29 is 0 Å². The highest BCUT2D eigenvalue weighted by atomic mass is 127. The Hall–Kier alpha value is -0.880. The van der Waals surface area contributed by atoms with Gasteiger partial charge in [-0.25, -0.2) is 0 Å². The summed E-state index contributed by atoms with van der Waals surface area (Å²) in [5.74, 6) is 0. The van der Waals surface area contributed by atoms with Crippen molar-refractivity contribution in [2.75, 3.05) is 7.05 Å². The molecular weight excluding hydrogens is 313 g/mol. The van der Waals surface area contributed by atoms with Crippen LogP contribution in [0.1, 0.15) is 11.1 Å². The van der Waals surface area contributed by atoms with Gasteiger partial charge in [-0.15, -0.1) is 0 Å². The first kappa shape index (κ1) is 11.6. The lowest BCUT2D eigenvalue weighted by molar-refractivity contribution is 0.685. The number of nitrogens with zero attached hydrogens (tertiary/aromatic N) is 2. The summed E-state index contributed by atoms with van der Waals surface area (Å²) >= 11 is 2.27. The molecule has 3 nitrogen and oxygen atoms in total. The number of hydrogen-bond acceptors (Lipinski definition) is 2. The third-order valence-electron chi connectivity index (χ3n) is 2.32. The summed E-state index contributed by atoms with van der Waals surface area (Å²) < 4.78 is 3.13. The lowest BCUT2D eigenvalue weighted by Gasteiger charge is -2.05. The maximum atomic E-state index is 4.28. The second-order valence-corrected chi connectivity index (χ2v) is 4.95. The van der Waals surface area contributed by atoms with Gasteiger partial charge in [0, 0.05) is 12.7 Å². The molecule has 1 aromatic heterocycles. The molecule has 0 fully saturated rings. The van der Waals surface area contributed by atoms with Crippen molar-refractivity contribution in [3.63, 3.8) is 0 Å². The standard InChI is InChI=1S/C12H14IN3/c1-14-6-10-3-2-4-11(5-10)8-16-9-12(13)7-15-16/h2-5,7,9,14H,6,8H2,1H3. The molecule has 0 saturated heterocycles. The Labute approximate surface area is 109 Å². The maximum absolute atomic E-state index is 4.28. The number of benzene rings is 1. The first-order valence-corrected chi connectivity index (χ1v) is 6.26. The highest BCUT2D eigenvalue weighted by Gasteiger charge is 1.98. The van der Waals surface area contributed by atoms with Crippen molar-refractivity contribution in [2.45, 2.75) is 13.1 Å². The lowest BCUT2D eigenvalue weighted by Crippen LogP contribution is -2.06. The molecule has 0 spiro atoms. The summed E-state index contributed by atoms with van der Waals surface area (Å²) in [7, 11) is 1.96. The Kier molecular flexibility index (Phi) is 3.95. The SMILES string of the molecule is CNCc1cccc(Cn2cc(I)cn2)c1. The van der Waals surface area contributed by atoms with E-state index in [1.54, 1.807) is 0 Å². The summed E-state index contributed by atoms with van der Waals surface area (Å²) in [4.78, 5) is 0. The van der Waals surface area contributed by atoms with Crippen LogP contribution in [-0.4, -0.2) is 16.8 Å². The number of hydrogen-bond donors (Lipinski definition) is 1. The molecule has 2 aromatic rings. The first-order chi connectivity index (χ1) is 7.78. The van der Waals surface area contributed by atoms with E-state index in [1.165, 1.54) is 14.7 Å². The zero-order chi connectivity index (χ0) is 11.4. The molecule has 1 aromatic carbocycles. The minimum atomic E-state index is 0.834. The van der Waals surface area contributed by atoms with E-state index < -0.39 is 0 Å². The van der Waals surface area contributed by atoms with Crippen LogP contribution in [-0.2, 0) is 13.1 Å². The lowest BCUT2D eigenvalue weighted by atomic mass is 10.1. The molecule has 0 aliphatic heterocycles. The second-order valence-electron chi connectivity index (χ2n) is 3.71. The Morgan fingerprint density at radius 3 is 2.88 bits per heavy atom. The molecule has 1 N–H and O–H groups in total. The van der Waals surface area contributed by atoms with Crippen molar-refractivity contribution in [3.8, 4) is 0 Å². The Bertz CT molecular complexity index is 465. The van der Waals surface area contributed by atoms with Crippen LogP contribution >= 0.6 is 22.6 Å². The fourth-order valence-corrected chi connectivity index (χ4v) is 2.10. The van der Waals surface area contributed by atoms with E-state index in [0.29, 0.717) is 0 Å². The Morgan fingerprint density at radius 1 is 1.38 bits per heavy atom. The summed E-state index contributed by atoms with van der Waals surface area (Å²) in [6.07, 6.45) is 3.92. The molecule has 0 aliphatic carbocycles. The minimum Gasteiger partial charge on any atom is -0.316 e. The summed E-state index contributed by atoms with van der Waals surface area (Å²) in [6, 6.07) is 8.57. The molecule has 84 valence electrons. The molecule has 0 radical (unpaired) electrons. The van der Waals surface area contributed by atoms with Gasteiger partial charge in [0.1, 0.15) is 0 Å². The van der Waals surface area contributed by atoms with Crippen LogP contribution in [0.3, 0.4) is 0 Å². The van der Waals surface area contributed by atoms with Crippen LogP contribution in [0.15, 0.2) is 36.7 Å². The second kappa shape index (κ2) is 5.45. The van der Waals surface area contributed by atoms with Crippen LogP contribution in [0.25, 0.3) is 0 Å². The fourth-order valence-electron chi connectivity index (χ4n) is 1.65. The monoisotopic (exact) mass is 327 g/mol. The van der Waals surface area contributed by atoms with E-state index >= 15 is 0 Å². The van der Waals surface area contributed by atoms with Gasteiger partial charge in [-0.05, 0) is 40.8 Å². The number of halogens is 1. The summed E-state index contributed by atoms with van der Waals surface area (Å²) in [5, 5.41) is 7.44. The molecule has 16 heavy (non-hydrogen) atoms. The average Bonchev–Trinajstić information content (AvgIpc) is 2.65. The van der Waals surface area contributed by atoms with Crippen molar-refractivity contribution in [1.29, 1.82) is 0 Å². The van der Waals surface area contributed by atoms with Gasteiger partial charge in [0.25, 0.3) is 0 Å². The quantitative estimate of drug-likeness (QED) is 0.873. The predicted molar refractivity (Wildman–Crippen MR) is 73.3 cm³/mol. The highest BCUT2D eigenvalue weighted by molar-refractivity contribution is 14.1. The van der Waals surface area contributed by atoms with Crippen molar-refractivity contribution in [3.05, 3.63) is 51.4 Å². The molecule has 1 heterocycles. The minimum absolute atomic E-state index is 0.834. The molecule has 0 aliphatic rings. The number of nitrogens with one attached hydrogen (secondary N) is 1.